The molecule has 0 saturated heterocycles. The van der Waals surface area contributed by atoms with Gasteiger partial charge in [-0.25, -0.2) is 0 Å². The highest BCUT2D eigenvalue weighted by molar-refractivity contribution is 6.11. The van der Waals surface area contributed by atoms with Gasteiger partial charge in [0.1, 0.15) is 5.69 Å². The highest BCUT2D eigenvalue weighted by Gasteiger charge is 2.29. The summed E-state index contributed by atoms with van der Waals surface area (Å²) < 4.78 is 1.55. The summed E-state index contributed by atoms with van der Waals surface area (Å²) in [6.07, 6.45) is 2.05. The van der Waals surface area contributed by atoms with E-state index in [1.165, 1.54) is 6.20 Å². The highest BCUT2D eigenvalue weighted by Crippen LogP contribution is 2.23. The lowest BCUT2D eigenvalue weighted by atomic mass is 10.0. The summed E-state index contributed by atoms with van der Waals surface area (Å²) >= 11 is 0. The van der Waals surface area contributed by atoms with Crippen LogP contribution in [0.3, 0.4) is 0 Å². The Morgan fingerprint density at radius 3 is 2.39 bits per heavy atom. The number of carbonyl (C=O) groups is 3. The number of benzene rings is 3. The third-order valence-corrected chi connectivity index (χ3v) is 5.74. The maximum absolute atomic E-state index is 12.7. The number of amides is 1. The summed E-state index contributed by atoms with van der Waals surface area (Å²) in [6, 6.07) is 25.4. The number of ketones is 1. The number of aromatic nitrogens is 2. The minimum Gasteiger partial charge on any atom is -0.388 e. The number of carbonyl (C=O) groups excluding carboxylic acids is 3. The molecule has 0 radical (unpaired) electrons. The monoisotopic (exact) mass is 477 g/mol. The maximum atomic E-state index is 12.7. The van der Waals surface area contributed by atoms with E-state index in [-0.39, 0.29) is 17.3 Å². The van der Waals surface area contributed by atoms with E-state index < -0.39 is 0 Å². The lowest BCUT2D eigenvalue weighted by Crippen LogP contribution is -2.41. The Bertz CT molecular complexity index is 1440. The first-order valence-corrected chi connectivity index (χ1v) is 11.3. The van der Waals surface area contributed by atoms with Crippen LogP contribution >= 0.6 is 0 Å². The van der Waals surface area contributed by atoms with Gasteiger partial charge in [-0.2, -0.15) is 10.4 Å². The fraction of sp³-hybridized carbons (Fsp3) is 0.107. The Morgan fingerprint density at radius 2 is 1.72 bits per heavy atom. The fourth-order valence-electron chi connectivity index (χ4n) is 3.85. The van der Waals surface area contributed by atoms with Gasteiger partial charge in [-0.05, 0) is 42.5 Å². The molecule has 0 saturated carbocycles. The van der Waals surface area contributed by atoms with Crippen LogP contribution in [0.5, 0.6) is 0 Å². The molecule has 0 spiro atoms. The van der Waals surface area contributed by atoms with E-state index in [0.29, 0.717) is 47.4 Å². The summed E-state index contributed by atoms with van der Waals surface area (Å²) in [4.78, 5) is 37.9. The molecule has 0 unspecified atom stereocenters. The van der Waals surface area contributed by atoms with E-state index in [4.69, 9.17) is 5.26 Å². The van der Waals surface area contributed by atoms with Crippen LogP contribution in [0.25, 0.3) is 0 Å². The van der Waals surface area contributed by atoms with Crippen LogP contribution in [-0.2, 0) is 6.54 Å². The first-order valence-electron chi connectivity index (χ1n) is 11.3. The standard InChI is InChI=1S/C20H15N3O3.C8H8N2/c24-13-16-12-21-23-11-10-22(20(26)18(16)23)17-8-6-15(7-9-17)19(25)14-4-2-1-3-5-14;1-10-8-4-2-3-7(5-8)6-9/h1-9,12-13H,10-11H2;2-5,10H,1H3. The van der Waals surface area contributed by atoms with E-state index in [9.17, 15) is 14.4 Å². The summed E-state index contributed by atoms with van der Waals surface area (Å²) in [6.45, 7) is 0.970. The lowest BCUT2D eigenvalue weighted by molar-refractivity contribution is 0.0956. The predicted molar refractivity (Wildman–Crippen MR) is 136 cm³/mol. The number of nitrogens with zero attached hydrogens (tertiary/aromatic N) is 4. The van der Waals surface area contributed by atoms with Crippen molar-refractivity contribution < 1.29 is 14.4 Å². The molecule has 8 nitrogen and oxygen atoms in total. The molecule has 1 aliphatic rings. The number of fused-ring (bicyclic) bond motifs is 1. The highest BCUT2D eigenvalue weighted by atomic mass is 16.2. The molecular weight excluding hydrogens is 454 g/mol. The van der Waals surface area contributed by atoms with Crippen molar-refractivity contribution in [3.05, 3.63) is 113 Å². The Labute approximate surface area is 208 Å². The van der Waals surface area contributed by atoms with Crippen molar-refractivity contribution >= 4 is 29.4 Å². The van der Waals surface area contributed by atoms with Crippen molar-refractivity contribution in [2.24, 2.45) is 0 Å². The topological polar surface area (TPSA) is 108 Å². The Morgan fingerprint density at radius 1 is 1.00 bits per heavy atom. The van der Waals surface area contributed by atoms with Gasteiger partial charge in [-0.15, -0.1) is 0 Å². The van der Waals surface area contributed by atoms with Gasteiger partial charge in [-0.3, -0.25) is 19.1 Å². The van der Waals surface area contributed by atoms with Crippen molar-refractivity contribution in [3.63, 3.8) is 0 Å². The summed E-state index contributed by atoms with van der Waals surface area (Å²) in [5.74, 6) is -0.332. The molecule has 1 amide bonds. The van der Waals surface area contributed by atoms with Gasteiger partial charge in [-0.1, -0.05) is 36.4 Å². The molecule has 0 aliphatic carbocycles. The number of hydrogen-bond acceptors (Lipinski definition) is 6. The summed E-state index contributed by atoms with van der Waals surface area (Å²) in [5, 5.41) is 15.5. The zero-order chi connectivity index (χ0) is 25.5. The minimum absolute atomic E-state index is 0.0663. The Hall–Kier alpha value is -5.03. The van der Waals surface area contributed by atoms with Crippen molar-refractivity contribution in [1.82, 2.24) is 9.78 Å². The molecule has 0 fully saturated rings. The largest absolute Gasteiger partial charge is 0.388 e. The molecule has 1 N–H and O–H groups in total. The molecule has 36 heavy (non-hydrogen) atoms. The third kappa shape index (κ3) is 5.05. The molecule has 1 aliphatic heterocycles. The normalized spacial score (nSPS) is 12.0. The van der Waals surface area contributed by atoms with Crippen molar-refractivity contribution in [2.75, 3.05) is 23.8 Å². The Balaban J connectivity index is 0.000000256. The van der Waals surface area contributed by atoms with Crippen LogP contribution in [0.4, 0.5) is 11.4 Å². The number of aldehydes is 1. The average molecular weight is 478 g/mol. The SMILES string of the molecule is CNc1cccc(C#N)c1.O=Cc1cnn2c1C(=O)N(c1ccc(C(=O)c3ccccc3)cc1)CC2. The molecule has 2 heterocycles. The van der Waals surface area contributed by atoms with Crippen LogP contribution in [-0.4, -0.2) is 41.3 Å². The zero-order valence-corrected chi connectivity index (χ0v) is 19.6. The molecule has 3 aromatic carbocycles. The van der Waals surface area contributed by atoms with Gasteiger partial charge < -0.3 is 10.2 Å². The Kier molecular flexibility index (Phi) is 7.32. The number of anilines is 2. The first kappa shape index (κ1) is 24.1. The first-order chi connectivity index (χ1) is 17.5. The molecule has 178 valence electrons. The van der Waals surface area contributed by atoms with Crippen LogP contribution < -0.4 is 10.2 Å². The third-order valence-electron chi connectivity index (χ3n) is 5.74. The maximum Gasteiger partial charge on any atom is 0.277 e. The fourth-order valence-corrected chi connectivity index (χ4v) is 3.85. The summed E-state index contributed by atoms with van der Waals surface area (Å²) in [7, 11) is 1.83. The van der Waals surface area contributed by atoms with E-state index >= 15 is 0 Å². The van der Waals surface area contributed by atoms with Crippen molar-refractivity contribution in [2.45, 2.75) is 6.54 Å². The molecule has 0 bridgehead atoms. The van der Waals surface area contributed by atoms with Crippen LogP contribution in [0.1, 0.15) is 42.3 Å². The average Bonchev–Trinajstić information content (AvgIpc) is 3.38. The van der Waals surface area contributed by atoms with Gasteiger partial charge in [0.2, 0.25) is 0 Å². The van der Waals surface area contributed by atoms with Crippen LogP contribution in [0.2, 0.25) is 0 Å². The lowest BCUT2D eigenvalue weighted by Gasteiger charge is -2.28. The number of rotatable bonds is 5. The van der Waals surface area contributed by atoms with Crippen LogP contribution in [0.15, 0.2) is 85.1 Å². The molecule has 5 rings (SSSR count). The minimum atomic E-state index is -0.266. The second-order valence-electron chi connectivity index (χ2n) is 7.93. The van der Waals surface area contributed by atoms with Gasteiger partial charge in [0.15, 0.2) is 12.1 Å². The van der Waals surface area contributed by atoms with Gasteiger partial charge in [0, 0.05) is 36.1 Å². The number of nitriles is 1. The van der Waals surface area contributed by atoms with Crippen molar-refractivity contribution in [3.8, 4) is 6.07 Å². The van der Waals surface area contributed by atoms with Gasteiger partial charge >= 0.3 is 0 Å². The second kappa shape index (κ2) is 10.9. The van der Waals surface area contributed by atoms with E-state index in [2.05, 4.69) is 16.5 Å². The van der Waals surface area contributed by atoms with E-state index in [1.807, 2.05) is 37.4 Å². The van der Waals surface area contributed by atoms with Crippen LogP contribution in [0, 0.1) is 11.3 Å². The quantitative estimate of drug-likeness (QED) is 0.341. The second-order valence-corrected chi connectivity index (χ2v) is 7.93. The zero-order valence-electron chi connectivity index (χ0n) is 19.6. The number of nitrogens with one attached hydrogen (secondary N) is 1. The predicted octanol–water partition coefficient (Wildman–Crippen LogP) is 4.19. The smallest absolute Gasteiger partial charge is 0.277 e. The van der Waals surface area contributed by atoms with Gasteiger partial charge in [0.25, 0.3) is 5.91 Å². The summed E-state index contributed by atoms with van der Waals surface area (Å²) in [5.41, 5.74) is 4.11. The number of hydrogen-bond donors (Lipinski definition) is 1. The van der Waals surface area contributed by atoms with Crippen molar-refractivity contribution in [1.29, 1.82) is 5.26 Å². The molecule has 1 aromatic heterocycles. The molecule has 8 heteroatoms. The molecular formula is C28H23N5O3. The van der Waals surface area contributed by atoms with E-state index in [0.717, 1.165) is 5.69 Å². The van der Waals surface area contributed by atoms with E-state index in [1.54, 1.807) is 58.1 Å². The molecule has 4 aromatic rings. The molecule has 0 atom stereocenters. The van der Waals surface area contributed by atoms with Gasteiger partial charge in [0.05, 0.1) is 29.9 Å².